The average Bonchev–Trinajstić information content (AvgIpc) is 2.43. The van der Waals surface area contributed by atoms with E-state index in [0.717, 1.165) is 38.0 Å². The van der Waals surface area contributed by atoms with Crippen LogP contribution in [-0.2, 0) is 4.79 Å². The predicted molar refractivity (Wildman–Crippen MR) is 78.0 cm³/mol. The summed E-state index contributed by atoms with van der Waals surface area (Å²) in [6.07, 6.45) is 5.98. The lowest BCUT2D eigenvalue weighted by Gasteiger charge is -2.35. The Hall–Kier alpha value is -0.610. The van der Waals surface area contributed by atoms with E-state index in [2.05, 4.69) is 31.4 Å². The van der Waals surface area contributed by atoms with Crippen molar-refractivity contribution in [3.8, 4) is 0 Å². The molecule has 3 N–H and O–H groups in total. The topological polar surface area (TPSA) is 61.4 Å². The van der Waals surface area contributed by atoms with Gasteiger partial charge in [0.05, 0.1) is 12.1 Å². The molecule has 4 heteroatoms. The molecule has 0 spiro atoms. The first kappa shape index (κ1) is 16.4. The molecule has 1 fully saturated rings. The van der Waals surface area contributed by atoms with Gasteiger partial charge in [-0.1, -0.05) is 20.3 Å². The van der Waals surface area contributed by atoms with Crippen LogP contribution in [0, 0.1) is 5.92 Å². The van der Waals surface area contributed by atoms with Gasteiger partial charge in [-0.05, 0) is 44.9 Å². The van der Waals surface area contributed by atoms with Crippen LogP contribution in [-0.4, -0.2) is 35.7 Å². The zero-order chi connectivity index (χ0) is 14.3. The Morgan fingerprint density at radius 1 is 1.37 bits per heavy atom. The zero-order valence-electron chi connectivity index (χ0n) is 12.7. The summed E-state index contributed by atoms with van der Waals surface area (Å²) in [4.78, 5) is 11.7. The van der Waals surface area contributed by atoms with E-state index in [0.29, 0.717) is 19.1 Å². The van der Waals surface area contributed by atoms with Crippen molar-refractivity contribution in [2.45, 2.75) is 70.9 Å². The Balaban J connectivity index is 2.22. The third-order valence-electron chi connectivity index (χ3n) is 4.45. The fraction of sp³-hybridized carbons (Fsp3) is 0.933. The second-order valence-corrected chi connectivity index (χ2v) is 6.04. The molecule has 0 aromatic heterocycles. The number of aliphatic hydroxyl groups is 1. The Labute approximate surface area is 117 Å². The number of hydrogen-bond acceptors (Lipinski definition) is 3. The van der Waals surface area contributed by atoms with Crippen molar-refractivity contribution in [3.63, 3.8) is 0 Å². The van der Waals surface area contributed by atoms with Gasteiger partial charge in [-0.15, -0.1) is 0 Å². The van der Waals surface area contributed by atoms with Crippen LogP contribution >= 0.6 is 0 Å². The van der Waals surface area contributed by atoms with E-state index < -0.39 is 5.60 Å². The van der Waals surface area contributed by atoms with Crippen molar-refractivity contribution < 1.29 is 9.90 Å². The standard InChI is InChI=1S/C15H30N2O2/c1-4-12(3)16-10-14(18)17-11-15(19)8-6-13(5-2)7-9-15/h12-13,16,19H,4-11H2,1-3H3,(H,17,18). The molecule has 0 saturated heterocycles. The maximum absolute atomic E-state index is 11.7. The van der Waals surface area contributed by atoms with Crippen molar-refractivity contribution in [3.05, 3.63) is 0 Å². The number of rotatable bonds is 7. The zero-order valence-corrected chi connectivity index (χ0v) is 12.7. The monoisotopic (exact) mass is 270 g/mol. The van der Waals surface area contributed by atoms with Gasteiger partial charge in [-0.25, -0.2) is 0 Å². The number of carbonyl (C=O) groups excluding carboxylic acids is 1. The van der Waals surface area contributed by atoms with Crippen LogP contribution < -0.4 is 10.6 Å². The van der Waals surface area contributed by atoms with E-state index >= 15 is 0 Å². The maximum Gasteiger partial charge on any atom is 0.234 e. The fourth-order valence-corrected chi connectivity index (χ4v) is 2.54. The second kappa shape index (κ2) is 7.85. The van der Waals surface area contributed by atoms with Gasteiger partial charge in [0.2, 0.25) is 5.91 Å². The predicted octanol–water partition coefficient (Wildman–Crippen LogP) is 1.82. The van der Waals surface area contributed by atoms with Gasteiger partial charge in [0.15, 0.2) is 0 Å². The number of nitrogens with one attached hydrogen (secondary N) is 2. The fourth-order valence-electron chi connectivity index (χ4n) is 2.54. The van der Waals surface area contributed by atoms with E-state index in [1.165, 1.54) is 6.42 Å². The van der Waals surface area contributed by atoms with Crippen LogP contribution in [0.1, 0.15) is 59.3 Å². The minimum Gasteiger partial charge on any atom is -0.388 e. The molecule has 19 heavy (non-hydrogen) atoms. The number of hydrogen-bond donors (Lipinski definition) is 3. The van der Waals surface area contributed by atoms with Gasteiger partial charge >= 0.3 is 0 Å². The Kier molecular flexibility index (Phi) is 6.80. The van der Waals surface area contributed by atoms with Crippen molar-refractivity contribution in [1.29, 1.82) is 0 Å². The summed E-state index contributed by atoms with van der Waals surface area (Å²) in [6, 6.07) is 0.355. The lowest BCUT2D eigenvalue weighted by atomic mass is 9.78. The summed E-state index contributed by atoms with van der Waals surface area (Å²) in [7, 11) is 0. The molecule has 112 valence electrons. The van der Waals surface area contributed by atoms with E-state index in [9.17, 15) is 9.90 Å². The highest BCUT2D eigenvalue weighted by atomic mass is 16.3. The average molecular weight is 270 g/mol. The van der Waals surface area contributed by atoms with Gasteiger partial charge < -0.3 is 15.7 Å². The normalized spacial score (nSPS) is 28.9. The molecule has 0 bridgehead atoms. The molecular formula is C15H30N2O2. The SMILES string of the molecule is CCC1CCC(O)(CNC(=O)CNC(C)CC)CC1. The Morgan fingerprint density at radius 3 is 2.53 bits per heavy atom. The lowest BCUT2D eigenvalue weighted by molar-refractivity contribution is -0.122. The number of carbonyl (C=O) groups is 1. The summed E-state index contributed by atoms with van der Waals surface area (Å²) < 4.78 is 0. The molecule has 1 rings (SSSR count). The molecule has 1 aliphatic rings. The lowest BCUT2D eigenvalue weighted by Crippen LogP contribution is -2.47. The maximum atomic E-state index is 11.7. The second-order valence-electron chi connectivity index (χ2n) is 6.04. The summed E-state index contributed by atoms with van der Waals surface area (Å²) in [5, 5.41) is 16.4. The van der Waals surface area contributed by atoms with Crippen molar-refractivity contribution in [1.82, 2.24) is 10.6 Å². The Morgan fingerprint density at radius 2 is 2.00 bits per heavy atom. The molecule has 0 heterocycles. The minimum absolute atomic E-state index is 0.0219. The van der Waals surface area contributed by atoms with E-state index in [1.54, 1.807) is 0 Å². The summed E-state index contributed by atoms with van der Waals surface area (Å²) in [6.45, 7) is 7.09. The van der Waals surface area contributed by atoms with Crippen LogP contribution in [0.2, 0.25) is 0 Å². The van der Waals surface area contributed by atoms with Gasteiger partial charge in [0.1, 0.15) is 0 Å². The molecule has 0 radical (unpaired) electrons. The smallest absolute Gasteiger partial charge is 0.234 e. The van der Waals surface area contributed by atoms with E-state index in [-0.39, 0.29) is 5.91 Å². The third-order valence-corrected chi connectivity index (χ3v) is 4.45. The molecule has 1 amide bonds. The molecule has 1 saturated carbocycles. The van der Waals surface area contributed by atoms with Crippen LogP contribution in [0.15, 0.2) is 0 Å². The largest absolute Gasteiger partial charge is 0.388 e. The first-order valence-corrected chi connectivity index (χ1v) is 7.71. The highest BCUT2D eigenvalue weighted by molar-refractivity contribution is 5.78. The van der Waals surface area contributed by atoms with Gasteiger partial charge in [0, 0.05) is 12.6 Å². The van der Waals surface area contributed by atoms with Crippen LogP contribution in [0.3, 0.4) is 0 Å². The van der Waals surface area contributed by atoms with Crippen molar-refractivity contribution >= 4 is 5.91 Å². The van der Waals surface area contributed by atoms with Crippen LogP contribution in [0.5, 0.6) is 0 Å². The first-order valence-electron chi connectivity index (χ1n) is 7.71. The van der Waals surface area contributed by atoms with E-state index in [1.807, 2.05) is 0 Å². The highest BCUT2D eigenvalue weighted by Gasteiger charge is 2.32. The molecule has 0 aromatic rings. The van der Waals surface area contributed by atoms with Crippen LogP contribution in [0.4, 0.5) is 0 Å². The molecule has 0 aliphatic heterocycles. The minimum atomic E-state index is -0.683. The van der Waals surface area contributed by atoms with Gasteiger partial charge in [-0.3, -0.25) is 4.79 Å². The van der Waals surface area contributed by atoms with Crippen molar-refractivity contribution in [2.75, 3.05) is 13.1 Å². The van der Waals surface area contributed by atoms with E-state index in [4.69, 9.17) is 0 Å². The molecule has 1 atom stereocenters. The Bertz CT molecular complexity index is 273. The summed E-state index contributed by atoms with van der Waals surface area (Å²) in [5.41, 5.74) is -0.683. The number of amides is 1. The molecule has 4 nitrogen and oxygen atoms in total. The summed E-state index contributed by atoms with van der Waals surface area (Å²) in [5.74, 6) is 0.731. The van der Waals surface area contributed by atoms with Crippen LogP contribution in [0.25, 0.3) is 0 Å². The first-order chi connectivity index (χ1) is 8.99. The van der Waals surface area contributed by atoms with Gasteiger partial charge in [0.25, 0.3) is 0 Å². The quantitative estimate of drug-likeness (QED) is 0.661. The highest BCUT2D eigenvalue weighted by Crippen LogP contribution is 2.33. The molecule has 1 unspecified atom stereocenters. The molecule has 0 aromatic carbocycles. The molecule has 1 aliphatic carbocycles. The summed E-state index contributed by atoms with van der Waals surface area (Å²) >= 11 is 0. The molecular weight excluding hydrogens is 240 g/mol. The third kappa shape index (κ3) is 5.91. The van der Waals surface area contributed by atoms with Gasteiger partial charge in [-0.2, -0.15) is 0 Å². The van der Waals surface area contributed by atoms with Crippen molar-refractivity contribution in [2.24, 2.45) is 5.92 Å².